The molecule has 0 atom stereocenters. The van der Waals surface area contributed by atoms with Gasteiger partial charge in [0.25, 0.3) is 0 Å². The van der Waals surface area contributed by atoms with E-state index in [-0.39, 0.29) is 5.78 Å². The highest BCUT2D eigenvalue weighted by atomic mass is 16.5. The predicted molar refractivity (Wildman–Crippen MR) is 79.3 cm³/mol. The van der Waals surface area contributed by atoms with E-state index in [4.69, 9.17) is 4.74 Å². The molecule has 0 aromatic heterocycles. The molecule has 1 aliphatic heterocycles. The van der Waals surface area contributed by atoms with Crippen LogP contribution >= 0.6 is 0 Å². The SMILES string of the molecule is CC1(C)COc2ccc(Cc3ccccc3)cc2C1=O. The fraction of sp³-hybridized carbons (Fsp3) is 0.278. The maximum absolute atomic E-state index is 12.5. The van der Waals surface area contributed by atoms with Crippen LogP contribution in [0.4, 0.5) is 0 Å². The summed E-state index contributed by atoms with van der Waals surface area (Å²) in [6, 6.07) is 16.2. The zero-order valence-corrected chi connectivity index (χ0v) is 11.8. The fourth-order valence-corrected chi connectivity index (χ4v) is 2.51. The maximum Gasteiger partial charge on any atom is 0.175 e. The summed E-state index contributed by atoms with van der Waals surface area (Å²) in [5.41, 5.74) is 2.67. The molecule has 0 fully saturated rings. The average molecular weight is 266 g/mol. The van der Waals surface area contributed by atoms with E-state index in [2.05, 4.69) is 12.1 Å². The lowest BCUT2D eigenvalue weighted by Crippen LogP contribution is -2.35. The van der Waals surface area contributed by atoms with E-state index >= 15 is 0 Å². The Labute approximate surface area is 119 Å². The first-order chi connectivity index (χ1) is 9.56. The first-order valence-corrected chi connectivity index (χ1v) is 6.91. The van der Waals surface area contributed by atoms with Gasteiger partial charge in [0, 0.05) is 0 Å². The number of ether oxygens (including phenoxy) is 1. The van der Waals surface area contributed by atoms with Crippen LogP contribution in [0.15, 0.2) is 48.5 Å². The Morgan fingerprint density at radius 3 is 2.55 bits per heavy atom. The zero-order valence-electron chi connectivity index (χ0n) is 11.8. The molecule has 3 rings (SSSR count). The minimum absolute atomic E-state index is 0.175. The van der Waals surface area contributed by atoms with Crippen molar-refractivity contribution in [3.05, 3.63) is 65.2 Å². The van der Waals surface area contributed by atoms with Gasteiger partial charge in [0.15, 0.2) is 5.78 Å². The Bertz CT molecular complexity index is 642. The Morgan fingerprint density at radius 2 is 1.80 bits per heavy atom. The van der Waals surface area contributed by atoms with Gasteiger partial charge in [-0.3, -0.25) is 4.79 Å². The second-order valence-electron chi connectivity index (χ2n) is 5.99. The molecule has 1 heterocycles. The van der Waals surface area contributed by atoms with Crippen LogP contribution in [0.5, 0.6) is 5.75 Å². The third-order valence-electron chi connectivity index (χ3n) is 3.74. The van der Waals surface area contributed by atoms with Gasteiger partial charge >= 0.3 is 0 Å². The van der Waals surface area contributed by atoms with Gasteiger partial charge in [-0.1, -0.05) is 36.4 Å². The summed E-state index contributed by atoms with van der Waals surface area (Å²) in [6.45, 7) is 4.32. The van der Waals surface area contributed by atoms with E-state index in [9.17, 15) is 4.79 Å². The summed E-state index contributed by atoms with van der Waals surface area (Å²) < 4.78 is 5.69. The first kappa shape index (κ1) is 12.9. The van der Waals surface area contributed by atoms with Crippen LogP contribution in [0.1, 0.15) is 35.3 Å². The number of carbonyl (C=O) groups is 1. The summed E-state index contributed by atoms with van der Waals surface area (Å²) in [6.07, 6.45) is 0.835. The Morgan fingerprint density at radius 1 is 1.05 bits per heavy atom. The molecule has 0 radical (unpaired) electrons. The second kappa shape index (κ2) is 4.78. The molecule has 0 aliphatic carbocycles. The zero-order chi connectivity index (χ0) is 14.2. The molecule has 0 N–H and O–H groups in total. The van der Waals surface area contributed by atoms with Crippen LogP contribution in [0, 0.1) is 5.41 Å². The number of hydrogen-bond acceptors (Lipinski definition) is 2. The van der Waals surface area contributed by atoms with Gasteiger partial charge < -0.3 is 4.74 Å². The molecule has 0 saturated heterocycles. The topological polar surface area (TPSA) is 26.3 Å². The molecule has 1 aliphatic rings. The number of hydrogen-bond donors (Lipinski definition) is 0. The van der Waals surface area contributed by atoms with Crippen LogP contribution in [0.2, 0.25) is 0 Å². The fourth-order valence-electron chi connectivity index (χ4n) is 2.51. The number of fused-ring (bicyclic) bond motifs is 1. The molecule has 2 aromatic carbocycles. The molecule has 0 saturated carbocycles. The van der Waals surface area contributed by atoms with Crippen molar-refractivity contribution in [1.82, 2.24) is 0 Å². The molecular formula is C18H18O2. The van der Waals surface area contributed by atoms with Crippen molar-refractivity contribution in [2.45, 2.75) is 20.3 Å². The number of benzene rings is 2. The van der Waals surface area contributed by atoms with Crippen molar-refractivity contribution in [2.75, 3.05) is 6.61 Å². The quantitative estimate of drug-likeness (QED) is 0.824. The molecule has 2 aromatic rings. The van der Waals surface area contributed by atoms with E-state index in [0.717, 1.165) is 17.5 Å². The lowest BCUT2D eigenvalue weighted by molar-refractivity contribution is 0.0692. The second-order valence-corrected chi connectivity index (χ2v) is 5.99. The molecule has 20 heavy (non-hydrogen) atoms. The molecule has 0 unspecified atom stereocenters. The molecular weight excluding hydrogens is 248 g/mol. The first-order valence-electron chi connectivity index (χ1n) is 6.91. The molecule has 2 heteroatoms. The van der Waals surface area contributed by atoms with Crippen LogP contribution in [0.3, 0.4) is 0 Å². The largest absolute Gasteiger partial charge is 0.492 e. The summed E-state index contributed by atoms with van der Waals surface area (Å²) in [5.74, 6) is 0.889. The summed E-state index contributed by atoms with van der Waals surface area (Å²) in [7, 11) is 0. The van der Waals surface area contributed by atoms with Crippen LogP contribution in [-0.2, 0) is 6.42 Å². The summed E-state index contributed by atoms with van der Waals surface area (Å²) in [4.78, 5) is 12.5. The highest BCUT2D eigenvalue weighted by Gasteiger charge is 2.35. The van der Waals surface area contributed by atoms with Gasteiger partial charge in [-0.25, -0.2) is 0 Å². The van der Waals surface area contributed by atoms with Gasteiger partial charge in [-0.05, 0) is 43.5 Å². The number of Topliss-reactive ketones (excluding diaryl/α,β-unsaturated/α-hetero) is 1. The molecule has 0 bridgehead atoms. The molecule has 102 valence electrons. The Kier molecular flexibility index (Phi) is 3.09. The van der Waals surface area contributed by atoms with E-state index < -0.39 is 5.41 Å². The lowest BCUT2D eigenvalue weighted by Gasteiger charge is -2.30. The van der Waals surface area contributed by atoms with Crippen LogP contribution in [-0.4, -0.2) is 12.4 Å². The van der Waals surface area contributed by atoms with E-state index in [0.29, 0.717) is 12.4 Å². The van der Waals surface area contributed by atoms with Crippen molar-refractivity contribution >= 4 is 5.78 Å². The Hall–Kier alpha value is -2.09. The molecule has 0 spiro atoms. The van der Waals surface area contributed by atoms with Gasteiger partial charge in [0.1, 0.15) is 12.4 Å². The van der Waals surface area contributed by atoms with Crippen molar-refractivity contribution < 1.29 is 9.53 Å². The third kappa shape index (κ3) is 2.34. The minimum atomic E-state index is -0.432. The van der Waals surface area contributed by atoms with E-state index in [1.807, 2.05) is 50.2 Å². The van der Waals surface area contributed by atoms with Crippen molar-refractivity contribution in [3.8, 4) is 5.75 Å². The summed E-state index contributed by atoms with van der Waals surface area (Å²) in [5, 5.41) is 0. The monoisotopic (exact) mass is 266 g/mol. The van der Waals surface area contributed by atoms with Crippen molar-refractivity contribution in [1.29, 1.82) is 0 Å². The average Bonchev–Trinajstić information content (AvgIpc) is 2.45. The van der Waals surface area contributed by atoms with E-state index in [1.165, 1.54) is 5.56 Å². The van der Waals surface area contributed by atoms with Crippen LogP contribution < -0.4 is 4.74 Å². The molecule has 0 amide bonds. The third-order valence-corrected chi connectivity index (χ3v) is 3.74. The number of rotatable bonds is 2. The lowest BCUT2D eigenvalue weighted by atomic mass is 9.82. The highest BCUT2D eigenvalue weighted by Crippen LogP contribution is 2.34. The molecule has 2 nitrogen and oxygen atoms in total. The van der Waals surface area contributed by atoms with Gasteiger partial charge in [0.05, 0.1) is 11.0 Å². The normalized spacial score (nSPS) is 16.4. The van der Waals surface area contributed by atoms with Crippen molar-refractivity contribution in [2.24, 2.45) is 5.41 Å². The minimum Gasteiger partial charge on any atom is -0.492 e. The number of ketones is 1. The maximum atomic E-state index is 12.5. The van der Waals surface area contributed by atoms with Gasteiger partial charge in [0.2, 0.25) is 0 Å². The van der Waals surface area contributed by atoms with Crippen molar-refractivity contribution in [3.63, 3.8) is 0 Å². The van der Waals surface area contributed by atoms with Gasteiger partial charge in [-0.2, -0.15) is 0 Å². The number of carbonyl (C=O) groups excluding carboxylic acids is 1. The Balaban J connectivity index is 1.93. The highest BCUT2D eigenvalue weighted by molar-refractivity contribution is 6.03. The van der Waals surface area contributed by atoms with Crippen LogP contribution in [0.25, 0.3) is 0 Å². The smallest absolute Gasteiger partial charge is 0.175 e. The standard InChI is InChI=1S/C18H18O2/c1-18(2)12-20-16-9-8-14(11-15(16)17(18)19)10-13-6-4-3-5-7-13/h3-9,11H,10,12H2,1-2H3. The predicted octanol–water partition coefficient (Wildman–Crippen LogP) is 3.88. The van der Waals surface area contributed by atoms with Gasteiger partial charge in [-0.15, -0.1) is 0 Å². The van der Waals surface area contributed by atoms with E-state index in [1.54, 1.807) is 0 Å². The summed E-state index contributed by atoms with van der Waals surface area (Å²) >= 11 is 0.